The second-order valence-corrected chi connectivity index (χ2v) is 4.47. The summed E-state index contributed by atoms with van der Waals surface area (Å²) in [6.07, 6.45) is 2.23. The van der Waals surface area contributed by atoms with Crippen LogP contribution in [0.4, 0.5) is 0 Å². The van der Waals surface area contributed by atoms with E-state index >= 15 is 0 Å². The van der Waals surface area contributed by atoms with E-state index in [-0.39, 0.29) is 5.91 Å². The van der Waals surface area contributed by atoms with E-state index in [1.54, 1.807) is 6.92 Å². The molecular weight excluding hydrogens is 200 g/mol. The molecule has 1 amide bonds. The number of rotatable bonds is 4. The van der Waals surface area contributed by atoms with Crippen molar-refractivity contribution < 1.29 is 4.79 Å². The zero-order chi connectivity index (χ0) is 11.5. The Hall–Kier alpha value is -1.35. The lowest BCUT2D eigenvalue weighted by Crippen LogP contribution is -2.42. The summed E-state index contributed by atoms with van der Waals surface area (Å²) in [4.78, 5) is 13.8. The van der Waals surface area contributed by atoms with E-state index in [1.807, 2.05) is 35.2 Å². The second kappa shape index (κ2) is 4.66. The lowest BCUT2D eigenvalue weighted by atomic mass is 10.2. The third kappa shape index (κ3) is 2.61. The van der Waals surface area contributed by atoms with Crippen molar-refractivity contribution in [3.63, 3.8) is 0 Å². The minimum Gasteiger partial charge on any atom is -0.334 e. The first-order valence-corrected chi connectivity index (χ1v) is 5.78. The fourth-order valence-corrected chi connectivity index (χ4v) is 1.81. The van der Waals surface area contributed by atoms with Gasteiger partial charge in [-0.25, -0.2) is 0 Å². The molecule has 1 atom stereocenters. The molecule has 3 heteroatoms. The van der Waals surface area contributed by atoms with E-state index in [9.17, 15) is 4.79 Å². The number of nitrogens with two attached hydrogens (primary N) is 1. The number of amides is 1. The highest BCUT2D eigenvalue weighted by molar-refractivity contribution is 5.81. The van der Waals surface area contributed by atoms with Gasteiger partial charge in [0.1, 0.15) is 0 Å². The Balaban J connectivity index is 2.06. The van der Waals surface area contributed by atoms with Gasteiger partial charge >= 0.3 is 0 Å². The molecule has 0 aromatic heterocycles. The van der Waals surface area contributed by atoms with Gasteiger partial charge in [0.05, 0.1) is 6.04 Å². The van der Waals surface area contributed by atoms with Gasteiger partial charge in [-0.1, -0.05) is 30.3 Å². The van der Waals surface area contributed by atoms with Gasteiger partial charge in [0.15, 0.2) is 0 Å². The van der Waals surface area contributed by atoms with Gasteiger partial charge < -0.3 is 10.6 Å². The highest BCUT2D eigenvalue weighted by Crippen LogP contribution is 2.28. The predicted octanol–water partition coefficient (Wildman–Crippen LogP) is 1.52. The Morgan fingerprint density at radius 2 is 2.06 bits per heavy atom. The summed E-state index contributed by atoms with van der Waals surface area (Å²) >= 11 is 0. The van der Waals surface area contributed by atoms with Crippen molar-refractivity contribution >= 4 is 5.91 Å². The smallest absolute Gasteiger partial charge is 0.239 e. The van der Waals surface area contributed by atoms with Crippen LogP contribution in [-0.2, 0) is 11.3 Å². The first-order valence-electron chi connectivity index (χ1n) is 5.78. The van der Waals surface area contributed by atoms with Crippen molar-refractivity contribution in [2.75, 3.05) is 0 Å². The second-order valence-electron chi connectivity index (χ2n) is 4.47. The van der Waals surface area contributed by atoms with Crippen LogP contribution in [0.2, 0.25) is 0 Å². The lowest BCUT2D eigenvalue weighted by molar-refractivity contribution is -0.133. The van der Waals surface area contributed by atoms with Crippen molar-refractivity contribution in [1.82, 2.24) is 4.90 Å². The molecule has 3 nitrogen and oxygen atoms in total. The van der Waals surface area contributed by atoms with E-state index < -0.39 is 6.04 Å². The minimum atomic E-state index is -0.399. The van der Waals surface area contributed by atoms with Crippen molar-refractivity contribution in [3.8, 4) is 0 Å². The van der Waals surface area contributed by atoms with Crippen LogP contribution in [0.5, 0.6) is 0 Å². The SMILES string of the molecule is CC(N)C(=O)N(Cc1ccccc1)C1CC1. The van der Waals surface area contributed by atoms with Crippen LogP contribution in [-0.4, -0.2) is 22.9 Å². The molecule has 0 aliphatic heterocycles. The summed E-state index contributed by atoms with van der Waals surface area (Å²) in [6, 6.07) is 10.1. The zero-order valence-electron chi connectivity index (χ0n) is 9.60. The van der Waals surface area contributed by atoms with Crippen LogP contribution in [0, 0.1) is 0 Å². The highest BCUT2D eigenvalue weighted by atomic mass is 16.2. The lowest BCUT2D eigenvalue weighted by Gasteiger charge is -2.24. The molecule has 2 rings (SSSR count). The van der Waals surface area contributed by atoms with Gasteiger partial charge in [-0.3, -0.25) is 4.79 Å². The summed E-state index contributed by atoms with van der Waals surface area (Å²) < 4.78 is 0. The molecule has 1 aromatic rings. The first-order chi connectivity index (χ1) is 7.68. The first kappa shape index (κ1) is 11.1. The van der Waals surface area contributed by atoms with Gasteiger partial charge in [-0.15, -0.1) is 0 Å². The number of nitrogens with zero attached hydrogens (tertiary/aromatic N) is 1. The molecule has 1 fully saturated rings. The molecule has 86 valence electrons. The molecule has 1 aromatic carbocycles. The summed E-state index contributed by atoms with van der Waals surface area (Å²) in [7, 11) is 0. The van der Waals surface area contributed by atoms with E-state index in [4.69, 9.17) is 5.73 Å². The molecule has 0 spiro atoms. The van der Waals surface area contributed by atoms with E-state index in [1.165, 1.54) is 5.56 Å². The minimum absolute atomic E-state index is 0.0614. The Kier molecular flexibility index (Phi) is 3.25. The molecule has 1 unspecified atom stereocenters. The zero-order valence-corrected chi connectivity index (χ0v) is 9.60. The van der Waals surface area contributed by atoms with Crippen LogP contribution in [0.15, 0.2) is 30.3 Å². The standard InChI is InChI=1S/C13H18N2O/c1-10(14)13(16)15(12-7-8-12)9-11-5-3-2-4-6-11/h2-6,10,12H,7-9,14H2,1H3. The summed E-state index contributed by atoms with van der Waals surface area (Å²) in [6.45, 7) is 2.44. The van der Waals surface area contributed by atoms with Crippen LogP contribution < -0.4 is 5.73 Å². The maximum Gasteiger partial charge on any atom is 0.239 e. The Morgan fingerprint density at radius 1 is 1.44 bits per heavy atom. The summed E-state index contributed by atoms with van der Waals surface area (Å²) in [5.74, 6) is 0.0614. The fraction of sp³-hybridized carbons (Fsp3) is 0.462. The van der Waals surface area contributed by atoms with E-state index in [2.05, 4.69) is 0 Å². The maximum atomic E-state index is 11.9. The van der Waals surface area contributed by atoms with Crippen molar-refractivity contribution in [1.29, 1.82) is 0 Å². The van der Waals surface area contributed by atoms with Gasteiger partial charge in [-0.05, 0) is 25.3 Å². The molecule has 0 heterocycles. The topological polar surface area (TPSA) is 46.3 Å². The van der Waals surface area contributed by atoms with Crippen LogP contribution in [0.25, 0.3) is 0 Å². The third-order valence-corrected chi connectivity index (χ3v) is 2.86. The Bertz CT molecular complexity index is 357. The fourth-order valence-electron chi connectivity index (χ4n) is 1.81. The van der Waals surface area contributed by atoms with Gasteiger partial charge in [-0.2, -0.15) is 0 Å². The molecule has 2 N–H and O–H groups in total. The average Bonchev–Trinajstić information content (AvgIpc) is 3.10. The van der Waals surface area contributed by atoms with Crippen LogP contribution in [0.1, 0.15) is 25.3 Å². The van der Waals surface area contributed by atoms with Crippen LogP contribution >= 0.6 is 0 Å². The van der Waals surface area contributed by atoms with Crippen LogP contribution in [0.3, 0.4) is 0 Å². The largest absolute Gasteiger partial charge is 0.334 e. The van der Waals surface area contributed by atoms with E-state index in [0.717, 1.165) is 12.8 Å². The van der Waals surface area contributed by atoms with Crippen molar-refractivity contribution in [2.45, 2.75) is 38.4 Å². The van der Waals surface area contributed by atoms with Gasteiger partial charge in [0.2, 0.25) is 5.91 Å². The van der Waals surface area contributed by atoms with Crippen molar-refractivity contribution in [3.05, 3.63) is 35.9 Å². The average molecular weight is 218 g/mol. The molecule has 1 aliphatic carbocycles. The van der Waals surface area contributed by atoms with Crippen molar-refractivity contribution in [2.24, 2.45) is 5.73 Å². The van der Waals surface area contributed by atoms with Gasteiger partial charge in [0.25, 0.3) is 0 Å². The Labute approximate surface area is 96.2 Å². The third-order valence-electron chi connectivity index (χ3n) is 2.86. The number of carbonyl (C=O) groups is 1. The monoisotopic (exact) mass is 218 g/mol. The number of hydrogen-bond donors (Lipinski definition) is 1. The molecule has 0 saturated heterocycles. The van der Waals surface area contributed by atoms with E-state index in [0.29, 0.717) is 12.6 Å². The summed E-state index contributed by atoms with van der Waals surface area (Å²) in [5.41, 5.74) is 6.83. The molecular formula is C13H18N2O. The molecule has 0 radical (unpaired) electrons. The molecule has 0 bridgehead atoms. The Morgan fingerprint density at radius 3 is 2.56 bits per heavy atom. The predicted molar refractivity (Wildman–Crippen MR) is 63.7 cm³/mol. The molecule has 16 heavy (non-hydrogen) atoms. The maximum absolute atomic E-state index is 11.9. The number of hydrogen-bond acceptors (Lipinski definition) is 2. The molecule has 1 saturated carbocycles. The number of benzene rings is 1. The number of carbonyl (C=O) groups excluding carboxylic acids is 1. The van der Waals surface area contributed by atoms with Gasteiger partial charge in [0, 0.05) is 12.6 Å². The summed E-state index contributed by atoms with van der Waals surface area (Å²) in [5, 5.41) is 0. The quantitative estimate of drug-likeness (QED) is 0.833. The highest BCUT2D eigenvalue weighted by Gasteiger charge is 2.33. The normalized spacial score (nSPS) is 16.9. The molecule has 1 aliphatic rings.